The third-order valence-electron chi connectivity index (χ3n) is 4.04. The minimum Gasteiger partial charge on any atom is -0.388 e. The summed E-state index contributed by atoms with van der Waals surface area (Å²) in [6, 6.07) is 13.9. The number of hydrogen-bond acceptors (Lipinski definition) is 5. The molecule has 2 rings (SSSR count). The second kappa shape index (κ2) is 10.4. The van der Waals surface area contributed by atoms with Crippen LogP contribution in [0.15, 0.2) is 48.5 Å². The minimum absolute atomic E-state index is 0.0674. The van der Waals surface area contributed by atoms with Crippen LogP contribution in [0.3, 0.4) is 0 Å². The average molecular weight is 379 g/mol. The molecule has 0 radical (unpaired) electrons. The summed E-state index contributed by atoms with van der Waals surface area (Å²) in [5, 5.41) is 11.4. The smallest absolute Gasteiger partial charge is 0.251 e. The zero-order valence-corrected chi connectivity index (χ0v) is 16.1. The van der Waals surface area contributed by atoms with Crippen LogP contribution in [0.1, 0.15) is 27.0 Å². The summed E-state index contributed by atoms with van der Waals surface area (Å²) in [7, 11) is 4.05. The van der Waals surface area contributed by atoms with Crippen LogP contribution in [0.2, 0.25) is 0 Å². The van der Waals surface area contributed by atoms with Gasteiger partial charge in [-0.05, 0) is 56.1 Å². The lowest BCUT2D eigenvalue weighted by Crippen LogP contribution is -2.46. The van der Waals surface area contributed by atoms with Crippen molar-refractivity contribution >= 4 is 11.7 Å². The van der Waals surface area contributed by atoms with Crippen molar-refractivity contribution < 1.29 is 14.7 Å². The Morgan fingerprint density at radius 1 is 1.04 bits per heavy atom. The van der Waals surface area contributed by atoms with E-state index in [0.29, 0.717) is 5.56 Å². The Bertz CT molecular complexity index is 863. The van der Waals surface area contributed by atoms with Gasteiger partial charge in [-0.15, -0.1) is 0 Å². The number of aliphatic hydroxyl groups is 1. The first kappa shape index (κ1) is 21.3. The van der Waals surface area contributed by atoms with E-state index in [4.69, 9.17) is 10.8 Å². The largest absolute Gasteiger partial charge is 0.388 e. The molecule has 0 saturated heterocycles. The molecule has 0 saturated carbocycles. The zero-order chi connectivity index (χ0) is 20.5. The van der Waals surface area contributed by atoms with E-state index >= 15 is 0 Å². The minimum atomic E-state index is -0.896. The summed E-state index contributed by atoms with van der Waals surface area (Å²) in [6.07, 6.45) is 0. The topological polar surface area (TPSA) is 95.7 Å². The van der Waals surface area contributed by atoms with Crippen LogP contribution < -0.4 is 11.1 Å². The highest BCUT2D eigenvalue weighted by Gasteiger charge is 2.18. The monoisotopic (exact) mass is 379 g/mol. The van der Waals surface area contributed by atoms with Gasteiger partial charge in [0.05, 0.1) is 0 Å². The maximum atomic E-state index is 12.2. The molecule has 0 aliphatic rings. The van der Waals surface area contributed by atoms with E-state index in [1.54, 1.807) is 24.3 Å². The summed E-state index contributed by atoms with van der Waals surface area (Å²) in [4.78, 5) is 25.8. The third kappa shape index (κ3) is 6.32. The highest BCUT2D eigenvalue weighted by molar-refractivity contribution is 5.98. The van der Waals surface area contributed by atoms with Gasteiger partial charge in [-0.3, -0.25) is 9.59 Å². The van der Waals surface area contributed by atoms with E-state index in [-0.39, 0.29) is 6.54 Å². The second-order valence-electron chi connectivity index (χ2n) is 6.65. The van der Waals surface area contributed by atoms with Crippen LogP contribution in [-0.4, -0.2) is 55.0 Å². The fourth-order valence-electron chi connectivity index (χ4n) is 2.53. The number of benzene rings is 2. The Hall–Kier alpha value is -2.98. The standard InChI is InChI=1S/C22H25N3O3/c1-25(2)14-18-7-5-16(6-8-18)3-4-17-9-11-19(12-10-17)22(28)24-20(13-23)21(27)15-26/h5-12,20,26H,13-15,23H2,1-2H3,(H,24,28)/t20-/m0/s1. The fourth-order valence-corrected chi connectivity index (χ4v) is 2.53. The Morgan fingerprint density at radius 3 is 2.04 bits per heavy atom. The molecule has 2 aromatic rings. The molecule has 0 heterocycles. The molecule has 146 valence electrons. The van der Waals surface area contributed by atoms with Crippen LogP contribution >= 0.6 is 0 Å². The summed E-state index contributed by atoms with van der Waals surface area (Å²) in [6.45, 7) is 0.154. The lowest BCUT2D eigenvalue weighted by molar-refractivity contribution is -0.123. The van der Waals surface area contributed by atoms with Gasteiger partial charge in [0.2, 0.25) is 0 Å². The van der Waals surface area contributed by atoms with Gasteiger partial charge < -0.3 is 21.1 Å². The molecular formula is C22H25N3O3. The highest BCUT2D eigenvalue weighted by atomic mass is 16.3. The molecule has 0 aliphatic carbocycles. The number of amides is 1. The molecule has 28 heavy (non-hydrogen) atoms. The third-order valence-corrected chi connectivity index (χ3v) is 4.04. The second-order valence-corrected chi connectivity index (χ2v) is 6.65. The molecule has 6 nitrogen and oxygen atoms in total. The number of Topliss-reactive ketones (excluding diaryl/α,β-unsaturated/α-hetero) is 1. The van der Waals surface area contributed by atoms with Gasteiger partial charge in [0, 0.05) is 29.8 Å². The number of nitrogens with two attached hydrogens (primary N) is 1. The van der Waals surface area contributed by atoms with Crippen LogP contribution in [0, 0.1) is 11.8 Å². The van der Waals surface area contributed by atoms with Crippen molar-refractivity contribution in [1.82, 2.24) is 10.2 Å². The number of nitrogens with zero attached hydrogens (tertiary/aromatic N) is 1. The van der Waals surface area contributed by atoms with Gasteiger partial charge in [0.25, 0.3) is 5.91 Å². The number of hydrogen-bond donors (Lipinski definition) is 3. The van der Waals surface area contributed by atoms with Crippen LogP contribution in [0.4, 0.5) is 0 Å². The Morgan fingerprint density at radius 2 is 1.57 bits per heavy atom. The van der Waals surface area contributed by atoms with E-state index in [1.807, 2.05) is 26.2 Å². The lowest BCUT2D eigenvalue weighted by Gasteiger charge is -2.14. The zero-order valence-electron chi connectivity index (χ0n) is 16.1. The molecule has 0 aromatic heterocycles. The van der Waals surface area contributed by atoms with Crippen molar-refractivity contribution in [2.75, 3.05) is 27.2 Å². The molecule has 0 unspecified atom stereocenters. The number of aliphatic hydroxyl groups excluding tert-OH is 1. The van der Waals surface area contributed by atoms with E-state index in [1.165, 1.54) is 5.56 Å². The normalized spacial score (nSPS) is 11.5. The Kier molecular flexibility index (Phi) is 7.90. The van der Waals surface area contributed by atoms with E-state index < -0.39 is 24.3 Å². The molecule has 2 aromatic carbocycles. The van der Waals surface area contributed by atoms with Crippen molar-refractivity contribution in [3.05, 3.63) is 70.8 Å². The molecule has 0 aliphatic heterocycles. The van der Waals surface area contributed by atoms with Gasteiger partial charge in [-0.2, -0.15) is 0 Å². The summed E-state index contributed by atoms with van der Waals surface area (Å²) in [5.74, 6) is 5.23. The van der Waals surface area contributed by atoms with Gasteiger partial charge >= 0.3 is 0 Å². The molecule has 1 amide bonds. The number of carbonyl (C=O) groups is 2. The number of ketones is 1. The number of rotatable bonds is 7. The summed E-state index contributed by atoms with van der Waals surface area (Å²) in [5.41, 5.74) is 8.76. The van der Waals surface area contributed by atoms with Crippen LogP contribution in [-0.2, 0) is 11.3 Å². The van der Waals surface area contributed by atoms with E-state index in [9.17, 15) is 9.59 Å². The molecule has 0 fully saturated rings. The SMILES string of the molecule is CN(C)Cc1ccc(C#Cc2ccc(C(=O)N[C@@H](CN)C(=O)CO)cc2)cc1. The first-order valence-electron chi connectivity index (χ1n) is 8.93. The summed E-state index contributed by atoms with van der Waals surface area (Å²) < 4.78 is 0. The van der Waals surface area contributed by atoms with Crippen molar-refractivity contribution in [2.45, 2.75) is 12.6 Å². The first-order chi connectivity index (χ1) is 13.4. The van der Waals surface area contributed by atoms with Crippen molar-refractivity contribution in [1.29, 1.82) is 0 Å². The molecule has 0 spiro atoms. The maximum Gasteiger partial charge on any atom is 0.251 e. The van der Waals surface area contributed by atoms with Crippen molar-refractivity contribution in [2.24, 2.45) is 5.73 Å². The Labute approximate surface area is 165 Å². The molecule has 6 heteroatoms. The Balaban J connectivity index is 2.02. The van der Waals surface area contributed by atoms with Crippen LogP contribution in [0.25, 0.3) is 0 Å². The van der Waals surface area contributed by atoms with Crippen LogP contribution in [0.5, 0.6) is 0 Å². The number of nitrogens with one attached hydrogen (secondary N) is 1. The van der Waals surface area contributed by atoms with Crippen molar-refractivity contribution in [3.63, 3.8) is 0 Å². The van der Waals surface area contributed by atoms with Gasteiger partial charge in [-0.25, -0.2) is 0 Å². The predicted molar refractivity (Wildman–Crippen MR) is 109 cm³/mol. The molecular weight excluding hydrogens is 354 g/mol. The summed E-state index contributed by atoms with van der Waals surface area (Å²) >= 11 is 0. The van der Waals surface area contributed by atoms with E-state index in [2.05, 4.69) is 34.2 Å². The molecule has 1 atom stereocenters. The number of carbonyl (C=O) groups excluding carboxylic acids is 2. The quantitative estimate of drug-likeness (QED) is 0.618. The van der Waals surface area contributed by atoms with E-state index in [0.717, 1.165) is 17.7 Å². The molecule has 4 N–H and O–H groups in total. The van der Waals surface area contributed by atoms with Crippen molar-refractivity contribution in [3.8, 4) is 11.8 Å². The average Bonchev–Trinajstić information content (AvgIpc) is 2.70. The lowest BCUT2D eigenvalue weighted by atomic mass is 10.1. The predicted octanol–water partition coefficient (Wildman–Crippen LogP) is 0.767. The van der Waals surface area contributed by atoms with Gasteiger partial charge in [0.15, 0.2) is 5.78 Å². The fraction of sp³-hybridized carbons (Fsp3) is 0.273. The van der Waals surface area contributed by atoms with Gasteiger partial charge in [-0.1, -0.05) is 24.0 Å². The maximum absolute atomic E-state index is 12.2. The van der Waals surface area contributed by atoms with Gasteiger partial charge in [0.1, 0.15) is 12.6 Å². The first-order valence-corrected chi connectivity index (χ1v) is 8.93. The highest BCUT2D eigenvalue weighted by Crippen LogP contribution is 2.07. The molecule has 0 bridgehead atoms.